The van der Waals surface area contributed by atoms with Crippen molar-refractivity contribution in [3.05, 3.63) is 41.9 Å². The molecule has 4 rings (SSSR count). The van der Waals surface area contributed by atoms with Crippen molar-refractivity contribution >= 4 is 11.7 Å². The highest BCUT2D eigenvalue weighted by Gasteiger charge is 2.24. The van der Waals surface area contributed by atoms with Gasteiger partial charge in [-0.05, 0) is 17.7 Å². The molecule has 0 unspecified atom stereocenters. The number of methoxy groups -OCH3 is 1. The first kappa shape index (κ1) is 19.4. The van der Waals surface area contributed by atoms with E-state index in [1.54, 1.807) is 13.2 Å². The van der Waals surface area contributed by atoms with Gasteiger partial charge in [0.05, 0.1) is 6.61 Å². The van der Waals surface area contributed by atoms with Crippen molar-refractivity contribution in [2.45, 2.75) is 6.54 Å². The smallest absolute Gasteiger partial charge is 0.272 e. The molecule has 0 bridgehead atoms. The molecule has 0 spiro atoms. The minimum absolute atomic E-state index is 0.0649. The second-order valence-corrected chi connectivity index (χ2v) is 6.96. The van der Waals surface area contributed by atoms with Gasteiger partial charge < -0.3 is 24.4 Å². The summed E-state index contributed by atoms with van der Waals surface area (Å²) in [6, 6.07) is 7.73. The number of carbonyl (C=O) groups excluding carboxylic acids is 1. The van der Waals surface area contributed by atoms with Gasteiger partial charge in [-0.1, -0.05) is 6.07 Å². The molecule has 0 aliphatic carbocycles. The second kappa shape index (κ2) is 9.06. The summed E-state index contributed by atoms with van der Waals surface area (Å²) >= 11 is 0. The molecule has 3 heterocycles. The van der Waals surface area contributed by atoms with Crippen LogP contribution in [0.5, 0.6) is 11.5 Å². The molecule has 154 valence electrons. The fourth-order valence-electron chi connectivity index (χ4n) is 3.42. The number of fused-ring (bicyclic) bond motifs is 1. The minimum Gasteiger partial charge on any atom is -0.454 e. The zero-order valence-corrected chi connectivity index (χ0v) is 16.5. The quantitative estimate of drug-likeness (QED) is 0.696. The summed E-state index contributed by atoms with van der Waals surface area (Å²) in [6.45, 7) is 5.25. The first-order valence-corrected chi connectivity index (χ1v) is 9.68. The van der Waals surface area contributed by atoms with Crippen LogP contribution in [0.1, 0.15) is 16.1 Å². The number of nitrogens with zero attached hydrogens (tertiary/aromatic N) is 4. The average Bonchev–Trinajstić information content (AvgIpc) is 3.22. The molecule has 1 saturated heterocycles. The Morgan fingerprint density at radius 1 is 1.14 bits per heavy atom. The number of piperazine rings is 1. The van der Waals surface area contributed by atoms with Gasteiger partial charge in [0.1, 0.15) is 17.8 Å². The lowest BCUT2D eigenvalue weighted by atomic mass is 10.1. The summed E-state index contributed by atoms with van der Waals surface area (Å²) in [7, 11) is 1.64. The summed E-state index contributed by atoms with van der Waals surface area (Å²) in [5, 5.41) is 3.12. The van der Waals surface area contributed by atoms with Gasteiger partial charge in [-0.25, -0.2) is 9.97 Å². The van der Waals surface area contributed by atoms with Crippen LogP contribution in [0.25, 0.3) is 0 Å². The topological polar surface area (TPSA) is 89.1 Å². The highest BCUT2D eigenvalue weighted by atomic mass is 16.7. The molecule has 0 radical (unpaired) electrons. The maximum Gasteiger partial charge on any atom is 0.272 e. The highest BCUT2D eigenvalue weighted by Crippen LogP contribution is 2.32. The maximum atomic E-state index is 12.8. The third-order valence-corrected chi connectivity index (χ3v) is 5.00. The van der Waals surface area contributed by atoms with Crippen LogP contribution in [0.4, 0.5) is 5.82 Å². The van der Waals surface area contributed by atoms with Gasteiger partial charge in [-0.3, -0.25) is 9.69 Å². The fraction of sp³-hybridized carbons (Fsp3) is 0.450. The van der Waals surface area contributed by atoms with Crippen LogP contribution in [0.2, 0.25) is 0 Å². The Kier molecular flexibility index (Phi) is 6.06. The summed E-state index contributed by atoms with van der Waals surface area (Å²) in [4.78, 5) is 25.3. The predicted molar refractivity (Wildman–Crippen MR) is 106 cm³/mol. The van der Waals surface area contributed by atoms with Crippen LogP contribution in [0.3, 0.4) is 0 Å². The SMILES string of the molecule is COCCNc1cc(C(=O)N2CCN(Cc3ccc4c(c3)OCO4)CC2)ncn1. The Bertz CT molecular complexity index is 855. The van der Waals surface area contributed by atoms with E-state index >= 15 is 0 Å². The standard InChI is InChI=1S/C20H25N5O4/c1-27-9-4-21-19-11-16(22-13-23-19)20(26)25-7-5-24(6-8-25)12-15-2-3-17-18(10-15)29-14-28-17/h2-3,10-11,13H,4-9,12,14H2,1H3,(H,21,22,23). The molecule has 1 aromatic carbocycles. The minimum atomic E-state index is -0.0649. The molecule has 9 nitrogen and oxygen atoms in total. The number of hydrogen-bond donors (Lipinski definition) is 1. The van der Waals surface area contributed by atoms with E-state index < -0.39 is 0 Å². The number of anilines is 1. The normalized spacial score (nSPS) is 16.1. The van der Waals surface area contributed by atoms with E-state index in [0.29, 0.717) is 37.8 Å². The molecule has 1 amide bonds. The number of nitrogens with one attached hydrogen (secondary N) is 1. The molecule has 2 aliphatic rings. The molecule has 1 N–H and O–H groups in total. The van der Waals surface area contributed by atoms with E-state index in [9.17, 15) is 4.79 Å². The van der Waals surface area contributed by atoms with Crippen LogP contribution in [0, 0.1) is 0 Å². The van der Waals surface area contributed by atoms with Gasteiger partial charge in [0.25, 0.3) is 5.91 Å². The zero-order valence-electron chi connectivity index (χ0n) is 16.5. The van der Waals surface area contributed by atoms with Crippen molar-refractivity contribution in [3.8, 4) is 11.5 Å². The Labute approximate surface area is 169 Å². The Balaban J connectivity index is 1.30. The third-order valence-electron chi connectivity index (χ3n) is 5.00. The van der Waals surface area contributed by atoms with E-state index in [4.69, 9.17) is 14.2 Å². The first-order chi connectivity index (χ1) is 14.2. The fourth-order valence-corrected chi connectivity index (χ4v) is 3.42. The molecule has 2 aromatic rings. The molecule has 29 heavy (non-hydrogen) atoms. The number of aromatic nitrogens is 2. The predicted octanol–water partition coefficient (Wildman–Crippen LogP) is 1.22. The Morgan fingerprint density at radius 2 is 1.97 bits per heavy atom. The van der Waals surface area contributed by atoms with Crippen LogP contribution in [0.15, 0.2) is 30.6 Å². The first-order valence-electron chi connectivity index (χ1n) is 9.68. The largest absolute Gasteiger partial charge is 0.454 e. The number of amides is 1. The maximum absolute atomic E-state index is 12.8. The molecular formula is C20H25N5O4. The van der Waals surface area contributed by atoms with E-state index in [1.165, 1.54) is 11.9 Å². The van der Waals surface area contributed by atoms with Crippen molar-refractivity contribution in [1.82, 2.24) is 19.8 Å². The van der Waals surface area contributed by atoms with E-state index in [2.05, 4.69) is 26.3 Å². The zero-order chi connectivity index (χ0) is 20.1. The summed E-state index contributed by atoms with van der Waals surface area (Å²) < 4.78 is 15.8. The van der Waals surface area contributed by atoms with Gasteiger partial charge >= 0.3 is 0 Å². The lowest BCUT2D eigenvalue weighted by Gasteiger charge is -2.34. The van der Waals surface area contributed by atoms with Crippen molar-refractivity contribution in [3.63, 3.8) is 0 Å². The van der Waals surface area contributed by atoms with Gasteiger partial charge in [0.15, 0.2) is 11.5 Å². The number of benzene rings is 1. The summed E-state index contributed by atoms with van der Waals surface area (Å²) in [5.74, 6) is 2.16. The molecule has 0 saturated carbocycles. The third kappa shape index (κ3) is 4.75. The number of carbonyl (C=O) groups is 1. The summed E-state index contributed by atoms with van der Waals surface area (Å²) in [6.07, 6.45) is 1.41. The van der Waals surface area contributed by atoms with Crippen molar-refractivity contribution in [1.29, 1.82) is 0 Å². The average molecular weight is 399 g/mol. The molecule has 2 aliphatic heterocycles. The lowest BCUT2D eigenvalue weighted by Crippen LogP contribution is -2.48. The Morgan fingerprint density at radius 3 is 2.79 bits per heavy atom. The van der Waals surface area contributed by atoms with Crippen LogP contribution in [-0.4, -0.2) is 78.9 Å². The van der Waals surface area contributed by atoms with E-state index in [1.807, 2.05) is 17.0 Å². The second-order valence-electron chi connectivity index (χ2n) is 6.96. The van der Waals surface area contributed by atoms with Gasteiger partial charge in [0, 0.05) is 52.4 Å². The van der Waals surface area contributed by atoms with Gasteiger partial charge in [-0.2, -0.15) is 0 Å². The molecule has 0 atom stereocenters. The van der Waals surface area contributed by atoms with E-state index in [-0.39, 0.29) is 12.7 Å². The van der Waals surface area contributed by atoms with E-state index in [0.717, 1.165) is 31.1 Å². The van der Waals surface area contributed by atoms with Gasteiger partial charge in [0.2, 0.25) is 6.79 Å². The molecule has 1 fully saturated rings. The number of rotatable bonds is 7. The van der Waals surface area contributed by atoms with Gasteiger partial charge in [-0.15, -0.1) is 0 Å². The Hall–Kier alpha value is -2.91. The van der Waals surface area contributed by atoms with Crippen molar-refractivity contribution in [2.24, 2.45) is 0 Å². The van der Waals surface area contributed by atoms with Crippen molar-refractivity contribution in [2.75, 3.05) is 58.6 Å². The molecule has 1 aromatic heterocycles. The summed E-state index contributed by atoms with van der Waals surface area (Å²) in [5.41, 5.74) is 1.58. The van der Waals surface area contributed by atoms with Crippen LogP contribution in [-0.2, 0) is 11.3 Å². The highest BCUT2D eigenvalue weighted by molar-refractivity contribution is 5.93. The monoisotopic (exact) mass is 399 g/mol. The molecular weight excluding hydrogens is 374 g/mol. The number of hydrogen-bond acceptors (Lipinski definition) is 8. The lowest BCUT2D eigenvalue weighted by molar-refractivity contribution is 0.0622. The van der Waals surface area contributed by atoms with Crippen LogP contribution >= 0.6 is 0 Å². The molecule has 9 heteroatoms. The van der Waals surface area contributed by atoms with Crippen molar-refractivity contribution < 1.29 is 19.0 Å². The number of ether oxygens (including phenoxy) is 3. The van der Waals surface area contributed by atoms with Crippen LogP contribution < -0.4 is 14.8 Å².